The van der Waals surface area contributed by atoms with Crippen LogP contribution in [0.1, 0.15) is 35.2 Å². The molecule has 2 amide bonds. The topological polar surface area (TPSA) is 58.6 Å². The van der Waals surface area contributed by atoms with E-state index in [0.717, 1.165) is 14.9 Å². The van der Waals surface area contributed by atoms with E-state index in [4.69, 9.17) is 4.74 Å². The molecule has 1 atom stereocenters. The van der Waals surface area contributed by atoms with Crippen LogP contribution in [0.25, 0.3) is 0 Å². The largest absolute Gasteiger partial charge is 0.496 e. The fourth-order valence-electron chi connectivity index (χ4n) is 2.95. The normalized spacial score (nSPS) is 17.8. The highest BCUT2D eigenvalue weighted by Gasteiger charge is 2.45. The Morgan fingerprint density at radius 2 is 2.04 bits per heavy atom. The zero-order chi connectivity index (χ0) is 19.5. The van der Waals surface area contributed by atoms with Gasteiger partial charge in [0.1, 0.15) is 5.75 Å². The van der Waals surface area contributed by atoms with Crippen LogP contribution in [0.15, 0.2) is 16.6 Å². The summed E-state index contributed by atoms with van der Waals surface area (Å²) in [6.07, 6.45) is -3.27. The average molecular weight is 437 g/mol. The molecule has 26 heavy (non-hydrogen) atoms. The lowest BCUT2D eigenvalue weighted by atomic mass is 10.0. The van der Waals surface area contributed by atoms with E-state index in [9.17, 15) is 22.8 Å². The van der Waals surface area contributed by atoms with Crippen LogP contribution < -0.4 is 10.1 Å². The number of rotatable bonds is 4. The Morgan fingerprint density at radius 1 is 1.35 bits per heavy atom. The zero-order valence-corrected chi connectivity index (χ0v) is 16.0. The number of amides is 2. The first kappa shape index (κ1) is 20.5. The summed E-state index contributed by atoms with van der Waals surface area (Å²) in [4.78, 5) is 24.9. The van der Waals surface area contributed by atoms with Crippen LogP contribution >= 0.6 is 15.9 Å². The lowest BCUT2D eigenvalue weighted by molar-refractivity contribution is -0.188. The number of nitrogens with one attached hydrogen (secondary N) is 1. The van der Waals surface area contributed by atoms with E-state index in [1.54, 1.807) is 12.1 Å². The molecule has 0 aliphatic carbocycles. The van der Waals surface area contributed by atoms with Crippen molar-refractivity contribution >= 4 is 27.7 Å². The summed E-state index contributed by atoms with van der Waals surface area (Å²) in [5.41, 5.74) is 1.15. The first-order valence-electron chi connectivity index (χ1n) is 8.15. The minimum Gasteiger partial charge on any atom is -0.496 e. The number of carbonyl (C=O) groups excluding carboxylic acids is 2. The van der Waals surface area contributed by atoms with Crippen LogP contribution in [0.5, 0.6) is 5.75 Å². The molecule has 9 heteroatoms. The van der Waals surface area contributed by atoms with Crippen LogP contribution in [0.4, 0.5) is 13.2 Å². The highest BCUT2D eigenvalue weighted by molar-refractivity contribution is 9.10. The Bertz CT molecular complexity index is 695. The molecule has 0 spiro atoms. The Labute approximate surface area is 158 Å². The minimum absolute atomic E-state index is 0.0400. The molecule has 1 aliphatic heterocycles. The summed E-state index contributed by atoms with van der Waals surface area (Å²) in [7, 11) is 1.43. The number of hydrogen-bond donors (Lipinski definition) is 1. The molecule has 0 bridgehead atoms. The second-order valence-corrected chi connectivity index (χ2v) is 7.01. The van der Waals surface area contributed by atoms with E-state index in [2.05, 4.69) is 21.2 Å². The number of piperidine rings is 1. The number of methoxy groups -OCH3 is 1. The van der Waals surface area contributed by atoms with Crippen molar-refractivity contribution < 1.29 is 27.5 Å². The quantitative estimate of drug-likeness (QED) is 0.786. The maximum atomic E-state index is 12.8. The molecule has 5 nitrogen and oxygen atoms in total. The van der Waals surface area contributed by atoms with Gasteiger partial charge in [-0.2, -0.15) is 13.2 Å². The summed E-state index contributed by atoms with van der Waals surface area (Å²) in [5.74, 6) is -1.95. The molecule has 0 aromatic heterocycles. The molecular formula is C17H20BrF3N2O3. The predicted octanol–water partition coefficient (Wildman–Crippen LogP) is 3.44. The molecule has 144 valence electrons. The summed E-state index contributed by atoms with van der Waals surface area (Å²) in [5, 5.41) is 2.63. The third-order valence-electron chi connectivity index (χ3n) is 4.35. The number of carbonyl (C=O) groups is 2. The van der Waals surface area contributed by atoms with Gasteiger partial charge in [0.05, 0.1) is 12.7 Å². The van der Waals surface area contributed by atoms with Gasteiger partial charge in [0.2, 0.25) is 0 Å². The van der Waals surface area contributed by atoms with Crippen molar-refractivity contribution in [1.82, 2.24) is 10.2 Å². The lowest BCUT2D eigenvalue weighted by Gasteiger charge is -2.36. The van der Waals surface area contributed by atoms with Crippen LogP contribution in [0.3, 0.4) is 0 Å². The van der Waals surface area contributed by atoms with E-state index in [0.29, 0.717) is 25.0 Å². The predicted molar refractivity (Wildman–Crippen MR) is 93.2 cm³/mol. The molecule has 1 heterocycles. The summed E-state index contributed by atoms with van der Waals surface area (Å²) in [6.45, 7) is 1.84. The minimum atomic E-state index is -4.91. The monoisotopic (exact) mass is 436 g/mol. The molecule has 1 fully saturated rings. The van der Waals surface area contributed by atoms with Crippen molar-refractivity contribution in [2.75, 3.05) is 20.2 Å². The van der Waals surface area contributed by atoms with Crippen LogP contribution in [0, 0.1) is 6.92 Å². The fraction of sp³-hybridized carbons (Fsp3) is 0.529. The first-order chi connectivity index (χ1) is 12.1. The number of likely N-dealkylation sites (tertiary alicyclic amines) is 1. The van der Waals surface area contributed by atoms with Gasteiger partial charge in [0, 0.05) is 23.6 Å². The number of nitrogens with zero attached hydrogens (tertiary/aromatic N) is 1. The molecule has 1 aromatic rings. The number of hydrogen-bond acceptors (Lipinski definition) is 3. The van der Waals surface area contributed by atoms with E-state index in [-0.39, 0.29) is 18.7 Å². The van der Waals surface area contributed by atoms with E-state index >= 15 is 0 Å². The van der Waals surface area contributed by atoms with Gasteiger partial charge in [-0.3, -0.25) is 9.59 Å². The molecular weight excluding hydrogens is 417 g/mol. The third-order valence-corrected chi connectivity index (χ3v) is 5.21. The summed E-state index contributed by atoms with van der Waals surface area (Å²) >= 11 is 3.34. The van der Waals surface area contributed by atoms with Gasteiger partial charge in [-0.25, -0.2) is 0 Å². The van der Waals surface area contributed by atoms with Gasteiger partial charge < -0.3 is 15.0 Å². The van der Waals surface area contributed by atoms with Crippen LogP contribution in [0.2, 0.25) is 0 Å². The molecule has 0 saturated carbocycles. The molecule has 1 unspecified atom stereocenters. The van der Waals surface area contributed by atoms with Gasteiger partial charge >= 0.3 is 12.1 Å². The van der Waals surface area contributed by atoms with Gasteiger partial charge in [-0.05, 0) is 43.9 Å². The first-order valence-corrected chi connectivity index (χ1v) is 8.94. The molecule has 2 rings (SSSR count). The Hall–Kier alpha value is -1.77. The highest BCUT2D eigenvalue weighted by Crippen LogP contribution is 2.28. The third kappa shape index (κ3) is 4.69. The second kappa shape index (κ2) is 8.28. The zero-order valence-electron chi connectivity index (χ0n) is 14.5. The second-order valence-electron chi connectivity index (χ2n) is 6.16. The average Bonchev–Trinajstić information content (AvgIpc) is 2.60. The van der Waals surface area contributed by atoms with Crippen molar-refractivity contribution in [1.29, 1.82) is 0 Å². The molecule has 1 N–H and O–H groups in total. The van der Waals surface area contributed by atoms with Crippen LogP contribution in [-0.2, 0) is 4.79 Å². The smallest absolute Gasteiger partial charge is 0.471 e. The van der Waals surface area contributed by atoms with Gasteiger partial charge in [0.15, 0.2) is 0 Å². The van der Waals surface area contributed by atoms with E-state index in [1.165, 1.54) is 7.11 Å². The number of benzene rings is 1. The number of ether oxygens (including phenoxy) is 1. The van der Waals surface area contributed by atoms with Gasteiger partial charge in [0.25, 0.3) is 5.91 Å². The van der Waals surface area contributed by atoms with Crippen molar-refractivity contribution in [3.63, 3.8) is 0 Å². The maximum Gasteiger partial charge on any atom is 0.471 e. The number of halogens is 4. The molecule has 1 aromatic carbocycles. The SMILES string of the molecule is COc1cc(C)c(Br)cc1C(=O)NCC1CCCCN1C(=O)C(F)(F)F. The fourth-order valence-corrected chi connectivity index (χ4v) is 3.29. The van der Waals surface area contributed by atoms with Gasteiger partial charge in [-0.1, -0.05) is 15.9 Å². The molecule has 1 saturated heterocycles. The number of alkyl halides is 3. The summed E-state index contributed by atoms with van der Waals surface area (Å²) in [6, 6.07) is 2.61. The maximum absolute atomic E-state index is 12.8. The Balaban J connectivity index is 2.10. The number of aryl methyl sites for hydroxylation is 1. The molecule has 1 aliphatic rings. The van der Waals surface area contributed by atoms with Gasteiger partial charge in [-0.15, -0.1) is 0 Å². The van der Waals surface area contributed by atoms with Crippen molar-refractivity contribution in [2.24, 2.45) is 0 Å². The van der Waals surface area contributed by atoms with Crippen molar-refractivity contribution in [3.05, 3.63) is 27.7 Å². The van der Waals surface area contributed by atoms with E-state index < -0.39 is 24.0 Å². The standard InChI is InChI=1S/C17H20BrF3N2O3/c1-10-7-14(26-2)12(8-13(10)18)15(24)22-9-11-5-3-4-6-23(11)16(25)17(19,20)21/h7-8,11H,3-6,9H2,1-2H3,(H,22,24). The van der Waals surface area contributed by atoms with Crippen LogP contribution in [-0.4, -0.2) is 49.1 Å². The Morgan fingerprint density at radius 3 is 2.65 bits per heavy atom. The lowest BCUT2D eigenvalue weighted by Crippen LogP contribution is -2.53. The summed E-state index contributed by atoms with van der Waals surface area (Å²) < 4.78 is 44.2. The molecule has 0 radical (unpaired) electrons. The Kier molecular flexibility index (Phi) is 6.54. The van der Waals surface area contributed by atoms with Crippen molar-refractivity contribution in [2.45, 2.75) is 38.4 Å². The highest BCUT2D eigenvalue weighted by atomic mass is 79.9. The van der Waals surface area contributed by atoms with Crippen molar-refractivity contribution in [3.8, 4) is 5.75 Å². The van der Waals surface area contributed by atoms with E-state index in [1.807, 2.05) is 6.92 Å².